The molecule has 0 saturated carbocycles. The molecule has 1 atom stereocenters. The molecule has 0 fully saturated rings. The zero-order chi connectivity index (χ0) is 22.0. The third-order valence-corrected chi connectivity index (χ3v) is 3.93. The average molecular weight is 416 g/mol. The molecule has 0 bridgehead atoms. The van der Waals surface area contributed by atoms with Crippen molar-refractivity contribution in [3.8, 4) is 11.6 Å². The summed E-state index contributed by atoms with van der Waals surface area (Å²) in [4.78, 5) is 0. The third kappa shape index (κ3) is 9.19. The van der Waals surface area contributed by atoms with Gasteiger partial charge in [-0.1, -0.05) is 18.2 Å². The summed E-state index contributed by atoms with van der Waals surface area (Å²) >= 11 is 0. The molecule has 3 N–H and O–H groups in total. The topological polar surface area (TPSA) is 101 Å². The van der Waals surface area contributed by atoms with E-state index in [9.17, 15) is 5.11 Å². The van der Waals surface area contributed by atoms with E-state index in [2.05, 4.69) is 46.8 Å². The Morgan fingerprint density at radius 2 is 1.87 bits per heavy atom. The van der Waals surface area contributed by atoms with Gasteiger partial charge in [0.05, 0.1) is 6.61 Å². The number of aliphatic hydroxyl groups is 1. The summed E-state index contributed by atoms with van der Waals surface area (Å²) in [7, 11) is 0. The Morgan fingerprint density at radius 3 is 2.53 bits per heavy atom. The minimum Gasteiger partial charge on any atom is -0.491 e. The number of hydrogen-bond donors (Lipinski definition) is 3. The van der Waals surface area contributed by atoms with Crippen LogP contribution in [0.25, 0.3) is 0 Å². The van der Waals surface area contributed by atoms with Crippen molar-refractivity contribution in [2.45, 2.75) is 52.7 Å². The number of benzene rings is 1. The maximum atomic E-state index is 10.1. The standard InChI is InChI=1S/C22H33N5O3/c1-16(2)24-25-20-10-11-21(27-26-20)29-13-12-17-8-6-7-9-19(17)30-15-18(28)14-23-22(3,4)5/h6-11,18,23,28H,12-15H2,1-5H3,(H,25,26). The first-order chi connectivity index (χ1) is 14.2. The molecule has 2 rings (SSSR count). The van der Waals surface area contributed by atoms with Gasteiger partial charge in [0.15, 0.2) is 5.82 Å². The summed E-state index contributed by atoms with van der Waals surface area (Å²) in [6, 6.07) is 11.3. The van der Waals surface area contributed by atoms with Crippen LogP contribution in [-0.4, -0.2) is 52.4 Å². The highest BCUT2D eigenvalue weighted by atomic mass is 16.5. The van der Waals surface area contributed by atoms with E-state index in [-0.39, 0.29) is 12.1 Å². The SMILES string of the molecule is CC(C)=NNc1ccc(OCCc2ccccc2OCC(O)CNC(C)(C)C)nn1. The Hall–Kier alpha value is -2.71. The second kappa shape index (κ2) is 11.5. The van der Waals surface area contributed by atoms with Gasteiger partial charge in [0.2, 0.25) is 5.88 Å². The van der Waals surface area contributed by atoms with Crippen molar-refractivity contribution in [1.82, 2.24) is 15.5 Å². The van der Waals surface area contributed by atoms with Gasteiger partial charge in [-0.05, 0) is 52.3 Å². The van der Waals surface area contributed by atoms with Crippen molar-refractivity contribution >= 4 is 11.5 Å². The number of nitrogens with one attached hydrogen (secondary N) is 2. The highest BCUT2D eigenvalue weighted by Crippen LogP contribution is 2.19. The highest BCUT2D eigenvalue weighted by molar-refractivity contribution is 5.79. The molecule has 30 heavy (non-hydrogen) atoms. The minimum atomic E-state index is -0.586. The summed E-state index contributed by atoms with van der Waals surface area (Å²) in [5, 5.41) is 25.5. The van der Waals surface area contributed by atoms with Crippen LogP contribution in [0.5, 0.6) is 11.6 Å². The molecule has 1 heterocycles. The number of aromatic nitrogens is 2. The first-order valence-corrected chi connectivity index (χ1v) is 10.1. The molecule has 8 nitrogen and oxygen atoms in total. The van der Waals surface area contributed by atoms with E-state index in [1.165, 1.54) is 0 Å². The van der Waals surface area contributed by atoms with E-state index in [0.29, 0.717) is 31.3 Å². The second-order valence-electron chi connectivity index (χ2n) is 8.23. The Labute approximate surface area is 178 Å². The Balaban J connectivity index is 1.81. The summed E-state index contributed by atoms with van der Waals surface area (Å²) in [6.45, 7) is 11.1. The maximum Gasteiger partial charge on any atom is 0.233 e. The lowest BCUT2D eigenvalue weighted by atomic mass is 10.1. The van der Waals surface area contributed by atoms with Crippen molar-refractivity contribution < 1.29 is 14.6 Å². The lowest BCUT2D eigenvalue weighted by molar-refractivity contribution is 0.0994. The largest absolute Gasteiger partial charge is 0.491 e. The van der Waals surface area contributed by atoms with E-state index < -0.39 is 6.10 Å². The number of nitrogens with zero attached hydrogens (tertiary/aromatic N) is 3. The summed E-state index contributed by atoms with van der Waals surface area (Å²) in [5.41, 5.74) is 4.68. The van der Waals surface area contributed by atoms with Crippen molar-refractivity contribution in [2.75, 3.05) is 25.2 Å². The molecule has 1 unspecified atom stereocenters. The van der Waals surface area contributed by atoms with Gasteiger partial charge in [0, 0.05) is 30.3 Å². The lowest BCUT2D eigenvalue weighted by Gasteiger charge is -2.23. The fraction of sp³-hybridized carbons (Fsp3) is 0.500. The third-order valence-electron chi connectivity index (χ3n) is 3.93. The first kappa shape index (κ1) is 23.6. The van der Waals surface area contributed by atoms with Crippen LogP contribution in [0.4, 0.5) is 5.82 Å². The number of hydrazone groups is 1. The Morgan fingerprint density at radius 1 is 1.10 bits per heavy atom. The predicted octanol–water partition coefficient (Wildman–Crippen LogP) is 3.03. The Bertz CT molecular complexity index is 799. The van der Waals surface area contributed by atoms with E-state index in [0.717, 1.165) is 17.0 Å². The average Bonchev–Trinajstić information content (AvgIpc) is 2.70. The maximum absolute atomic E-state index is 10.1. The molecule has 2 aromatic rings. The quantitative estimate of drug-likeness (QED) is 0.383. The van der Waals surface area contributed by atoms with Gasteiger partial charge in [-0.3, -0.25) is 5.43 Å². The van der Waals surface area contributed by atoms with Gasteiger partial charge in [-0.15, -0.1) is 10.2 Å². The van der Waals surface area contributed by atoms with Gasteiger partial charge >= 0.3 is 0 Å². The van der Waals surface area contributed by atoms with Crippen molar-refractivity contribution in [2.24, 2.45) is 5.10 Å². The van der Waals surface area contributed by atoms with Crippen molar-refractivity contribution in [3.63, 3.8) is 0 Å². The molecule has 0 amide bonds. The van der Waals surface area contributed by atoms with Gasteiger partial charge in [-0.25, -0.2) is 0 Å². The molecule has 0 saturated heterocycles. The molecule has 0 spiro atoms. The number of hydrogen-bond acceptors (Lipinski definition) is 8. The molecule has 1 aromatic carbocycles. The van der Waals surface area contributed by atoms with Crippen LogP contribution in [0, 0.1) is 0 Å². The van der Waals surface area contributed by atoms with Crippen LogP contribution in [-0.2, 0) is 6.42 Å². The molecular weight excluding hydrogens is 382 g/mol. The van der Waals surface area contributed by atoms with Crippen LogP contribution < -0.4 is 20.2 Å². The van der Waals surface area contributed by atoms with Crippen LogP contribution in [0.3, 0.4) is 0 Å². The zero-order valence-electron chi connectivity index (χ0n) is 18.5. The minimum absolute atomic E-state index is 0.0461. The van der Waals surface area contributed by atoms with Gasteiger partial charge in [0.1, 0.15) is 18.5 Å². The second-order valence-corrected chi connectivity index (χ2v) is 8.23. The molecule has 1 aromatic heterocycles. The van der Waals surface area contributed by atoms with Crippen LogP contribution in [0.2, 0.25) is 0 Å². The van der Waals surface area contributed by atoms with Crippen molar-refractivity contribution in [1.29, 1.82) is 0 Å². The van der Waals surface area contributed by atoms with Crippen LogP contribution in [0.1, 0.15) is 40.2 Å². The number of para-hydroxylation sites is 1. The molecule has 8 heteroatoms. The fourth-order valence-corrected chi connectivity index (χ4v) is 2.41. The number of aliphatic hydroxyl groups excluding tert-OH is 1. The smallest absolute Gasteiger partial charge is 0.233 e. The molecule has 164 valence electrons. The predicted molar refractivity (Wildman–Crippen MR) is 119 cm³/mol. The van der Waals surface area contributed by atoms with E-state index >= 15 is 0 Å². The normalized spacial score (nSPS) is 12.2. The molecular formula is C22H33N5O3. The van der Waals surface area contributed by atoms with Gasteiger partial charge < -0.3 is 19.9 Å². The molecule has 0 aliphatic rings. The zero-order valence-corrected chi connectivity index (χ0v) is 18.5. The van der Waals surface area contributed by atoms with Crippen molar-refractivity contribution in [3.05, 3.63) is 42.0 Å². The number of anilines is 1. The van der Waals surface area contributed by atoms with E-state index in [1.807, 2.05) is 38.1 Å². The summed E-state index contributed by atoms with van der Waals surface area (Å²) < 4.78 is 11.5. The first-order valence-electron chi connectivity index (χ1n) is 10.1. The number of β-amino-alcohol motifs (C(OH)–C–C–N with tert-alkyl or cyclic N) is 1. The van der Waals surface area contributed by atoms with E-state index in [1.54, 1.807) is 12.1 Å². The molecule has 0 aliphatic heterocycles. The number of rotatable bonds is 11. The molecule has 0 aliphatic carbocycles. The van der Waals surface area contributed by atoms with E-state index in [4.69, 9.17) is 9.47 Å². The van der Waals surface area contributed by atoms with Crippen LogP contribution >= 0.6 is 0 Å². The summed E-state index contributed by atoms with van der Waals surface area (Å²) in [6.07, 6.45) is 0.0600. The highest BCUT2D eigenvalue weighted by Gasteiger charge is 2.13. The fourth-order valence-electron chi connectivity index (χ4n) is 2.41. The molecule has 0 radical (unpaired) electrons. The van der Waals surface area contributed by atoms with Gasteiger partial charge in [-0.2, -0.15) is 5.10 Å². The summed E-state index contributed by atoms with van der Waals surface area (Å²) in [5.74, 6) is 1.75. The van der Waals surface area contributed by atoms with Crippen LogP contribution in [0.15, 0.2) is 41.5 Å². The monoisotopic (exact) mass is 415 g/mol. The Kier molecular flexibility index (Phi) is 9.01. The lowest BCUT2D eigenvalue weighted by Crippen LogP contribution is -2.42. The number of ether oxygens (including phenoxy) is 2. The van der Waals surface area contributed by atoms with Gasteiger partial charge in [0.25, 0.3) is 0 Å².